The van der Waals surface area contributed by atoms with Crippen LogP contribution < -0.4 is 10.1 Å². The Morgan fingerprint density at radius 2 is 2.06 bits per heavy atom. The van der Waals surface area contributed by atoms with E-state index in [0.717, 1.165) is 22.6 Å². The van der Waals surface area contributed by atoms with Gasteiger partial charge in [0.05, 0.1) is 29.3 Å². The van der Waals surface area contributed by atoms with Crippen LogP contribution in [-0.4, -0.2) is 38.3 Å². The summed E-state index contributed by atoms with van der Waals surface area (Å²) in [5.74, 6) is -0.415. The van der Waals surface area contributed by atoms with Gasteiger partial charge >= 0.3 is 0 Å². The van der Waals surface area contributed by atoms with Gasteiger partial charge in [0, 0.05) is 41.7 Å². The molecule has 0 aliphatic carbocycles. The number of amides is 1. The highest BCUT2D eigenvalue weighted by atomic mass is 19.1. The molecule has 0 saturated carbocycles. The summed E-state index contributed by atoms with van der Waals surface area (Å²) in [4.78, 5) is 21.4. The number of hydrogen-bond donors (Lipinski definition) is 1. The predicted molar refractivity (Wildman–Crippen MR) is 121 cm³/mol. The lowest BCUT2D eigenvalue weighted by Crippen LogP contribution is -2.34. The van der Waals surface area contributed by atoms with Crippen LogP contribution in [0.3, 0.4) is 0 Å². The van der Waals surface area contributed by atoms with Crippen molar-refractivity contribution in [1.29, 1.82) is 0 Å². The van der Waals surface area contributed by atoms with E-state index < -0.39 is 5.82 Å². The van der Waals surface area contributed by atoms with Gasteiger partial charge in [-0.05, 0) is 56.3 Å². The number of aryl methyl sites for hydroxylation is 2. The van der Waals surface area contributed by atoms with Crippen molar-refractivity contribution in [2.45, 2.75) is 26.4 Å². The Kier molecular flexibility index (Phi) is 5.34. The number of halogens is 1. The second kappa shape index (κ2) is 8.46. The van der Waals surface area contributed by atoms with E-state index in [-0.39, 0.29) is 24.3 Å². The summed E-state index contributed by atoms with van der Waals surface area (Å²) in [5.41, 5.74) is 5.00. The lowest BCUT2D eigenvalue weighted by atomic mass is 10.0. The van der Waals surface area contributed by atoms with Crippen molar-refractivity contribution in [3.8, 4) is 22.7 Å². The zero-order valence-corrected chi connectivity index (χ0v) is 18.2. The van der Waals surface area contributed by atoms with Gasteiger partial charge in [0.15, 0.2) is 11.6 Å². The number of nitrogens with zero attached hydrogens (tertiary/aromatic N) is 4. The third-order valence-corrected chi connectivity index (χ3v) is 5.59. The van der Waals surface area contributed by atoms with E-state index in [4.69, 9.17) is 4.74 Å². The van der Waals surface area contributed by atoms with Gasteiger partial charge in [-0.15, -0.1) is 0 Å². The normalized spacial score (nSPS) is 14.6. The maximum absolute atomic E-state index is 14.8. The van der Waals surface area contributed by atoms with Gasteiger partial charge in [-0.2, -0.15) is 5.10 Å². The minimum Gasteiger partial charge on any atom is -0.485 e. The minimum atomic E-state index is -0.437. The molecule has 1 amide bonds. The Morgan fingerprint density at radius 1 is 1.24 bits per heavy atom. The van der Waals surface area contributed by atoms with Gasteiger partial charge in [-0.3, -0.25) is 9.78 Å². The van der Waals surface area contributed by atoms with Crippen LogP contribution in [0, 0.1) is 19.7 Å². The number of benzene rings is 2. The van der Waals surface area contributed by atoms with E-state index in [2.05, 4.69) is 20.4 Å². The Balaban J connectivity index is 1.25. The van der Waals surface area contributed by atoms with E-state index in [1.54, 1.807) is 29.2 Å². The fourth-order valence-corrected chi connectivity index (χ4v) is 3.94. The molecule has 3 heterocycles. The molecule has 1 unspecified atom stereocenters. The van der Waals surface area contributed by atoms with Crippen LogP contribution in [0.15, 0.2) is 61.1 Å². The molecule has 1 aliphatic rings. The maximum Gasteiger partial charge on any atom is 0.251 e. The topological polar surface area (TPSA) is 81.9 Å². The third-order valence-electron chi connectivity index (χ3n) is 5.59. The first-order valence-electron chi connectivity index (χ1n) is 10.7. The molecule has 2 aromatic carbocycles. The fourth-order valence-electron chi connectivity index (χ4n) is 3.94. The molecule has 8 heteroatoms. The number of nitrogens with one attached hydrogen (secondary N) is 1. The third kappa shape index (κ3) is 4.19. The Bertz CT molecular complexity index is 1320. The highest BCUT2D eigenvalue weighted by Gasteiger charge is 2.28. The van der Waals surface area contributed by atoms with Gasteiger partial charge in [0.1, 0.15) is 6.10 Å². The molecule has 166 valence electrons. The van der Waals surface area contributed by atoms with Gasteiger partial charge in [0.25, 0.3) is 5.91 Å². The van der Waals surface area contributed by atoms with Crippen molar-refractivity contribution in [3.05, 3.63) is 89.4 Å². The van der Waals surface area contributed by atoms with Crippen molar-refractivity contribution >= 4 is 5.91 Å². The van der Waals surface area contributed by atoms with Gasteiger partial charge in [-0.1, -0.05) is 0 Å². The number of aromatic nitrogens is 4. The molecule has 0 fully saturated rings. The first-order chi connectivity index (χ1) is 16.0. The first kappa shape index (κ1) is 20.8. The summed E-state index contributed by atoms with van der Waals surface area (Å²) in [7, 11) is 0. The second-order valence-electron chi connectivity index (χ2n) is 8.04. The van der Waals surface area contributed by atoms with Crippen molar-refractivity contribution in [2.75, 3.05) is 6.54 Å². The largest absolute Gasteiger partial charge is 0.485 e. The zero-order chi connectivity index (χ0) is 22.9. The van der Waals surface area contributed by atoms with E-state index in [0.29, 0.717) is 23.2 Å². The molecule has 7 nitrogen and oxygen atoms in total. The molecule has 0 bridgehead atoms. The van der Waals surface area contributed by atoms with Gasteiger partial charge in [-0.25, -0.2) is 14.1 Å². The lowest BCUT2D eigenvalue weighted by molar-refractivity contribution is 0.0933. The van der Waals surface area contributed by atoms with Crippen LogP contribution in [-0.2, 0) is 6.42 Å². The quantitative estimate of drug-likeness (QED) is 0.507. The Labute approximate surface area is 190 Å². The van der Waals surface area contributed by atoms with E-state index in [1.165, 1.54) is 6.07 Å². The molecule has 5 rings (SSSR count). The zero-order valence-electron chi connectivity index (χ0n) is 18.2. The summed E-state index contributed by atoms with van der Waals surface area (Å²) >= 11 is 0. The maximum atomic E-state index is 14.8. The molecule has 0 radical (unpaired) electrons. The Hall–Kier alpha value is -4.07. The average molecular weight is 443 g/mol. The molecule has 33 heavy (non-hydrogen) atoms. The molecule has 0 saturated heterocycles. The molecule has 1 N–H and O–H groups in total. The van der Waals surface area contributed by atoms with E-state index in [1.807, 2.05) is 44.3 Å². The monoisotopic (exact) mass is 443 g/mol. The van der Waals surface area contributed by atoms with Crippen molar-refractivity contribution in [2.24, 2.45) is 0 Å². The fraction of sp³-hybridized carbons (Fsp3) is 0.200. The second-order valence-corrected chi connectivity index (χ2v) is 8.04. The number of hydrogen-bond acceptors (Lipinski definition) is 5. The van der Waals surface area contributed by atoms with Crippen molar-refractivity contribution < 1.29 is 13.9 Å². The number of carbonyl (C=O) groups excluding carboxylic acids is 1. The van der Waals surface area contributed by atoms with Crippen LogP contribution in [0.1, 0.15) is 27.3 Å². The molecule has 4 aromatic rings. The summed E-state index contributed by atoms with van der Waals surface area (Å²) in [6, 6.07) is 12.3. The standard InChI is InChI=1S/C25H22FN5O2/c1-15-13-27-16(2)23(30-15)18-10-19-11-21(33-24(19)22(26)12-18)14-28-25(32)17-4-6-20(7-5-17)31-9-3-8-29-31/h3-10,12-13,21H,11,14H2,1-2H3,(H,28,32). The SMILES string of the molecule is Cc1cnc(C)c(-c2cc(F)c3c(c2)CC(CNC(=O)c2ccc(-n4cccn4)cc2)O3)n1. The summed E-state index contributed by atoms with van der Waals surface area (Å²) in [5, 5.41) is 7.05. The number of rotatable bonds is 5. The first-order valence-corrected chi connectivity index (χ1v) is 10.7. The number of fused-ring (bicyclic) bond motifs is 1. The van der Waals surface area contributed by atoms with Gasteiger partial charge in [0.2, 0.25) is 0 Å². The Morgan fingerprint density at radius 3 is 2.82 bits per heavy atom. The molecule has 2 aromatic heterocycles. The molecule has 1 atom stereocenters. The highest BCUT2D eigenvalue weighted by molar-refractivity contribution is 5.94. The average Bonchev–Trinajstić information content (AvgIpc) is 3.49. The molecular formula is C25H22FN5O2. The number of ether oxygens (including phenoxy) is 1. The van der Waals surface area contributed by atoms with Crippen LogP contribution in [0.2, 0.25) is 0 Å². The van der Waals surface area contributed by atoms with Crippen molar-refractivity contribution in [1.82, 2.24) is 25.1 Å². The summed E-state index contributed by atoms with van der Waals surface area (Å²) in [6.07, 6.45) is 5.37. The van der Waals surface area contributed by atoms with Crippen LogP contribution in [0.4, 0.5) is 4.39 Å². The van der Waals surface area contributed by atoms with Crippen LogP contribution in [0.25, 0.3) is 16.9 Å². The summed E-state index contributed by atoms with van der Waals surface area (Å²) in [6.45, 7) is 3.97. The van der Waals surface area contributed by atoms with Crippen molar-refractivity contribution in [3.63, 3.8) is 0 Å². The van der Waals surface area contributed by atoms with E-state index in [9.17, 15) is 9.18 Å². The minimum absolute atomic E-state index is 0.214. The van der Waals surface area contributed by atoms with Gasteiger partial charge < -0.3 is 10.1 Å². The number of carbonyl (C=O) groups is 1. The highest BCUT2D eigenvalue weighted by Crippen LogP contribution is 2.36. The predicted octanol–water partition coefficient (Wildman–Crippen LogP) is 3.82. The molecule has 0 spiro atoms. The van der Waals surface area contributed by atoms with Crippen LogP contribution >= 0.6 is 0 Å². The molecular weight excluding hydrogens is 421 g/mol. The smallest absolute Gasteiger partial charge is 0.251 e. The molecule has 1 aliphatic heterocycles. The lowest BCUT2D eigenvalue weighted by Gasteiger charge is -2.12. The summed E-state index contributed by atoms with van der Waals surface area (Å²) < 4.78 is 22.3. The van der Waals surface area contributed by atoms with Crippen LogP contribution in [0.5, 0.6) is 5.75 Å². The van der Waals surface area contributed by atoms with E-state index >= 15 is 0 Å².